The van der Waals surface area contributed by atoms with Crippen LogP contribution in [0.2, 0.25) is 0 Å². The van der Waals surface area contributed by atoms with E-state index in [2.05, 4.69) is 4.98 Å². The largest absolute Gasteiger partial charge is 0.478 e. The first kappa shape index (κ1) is 28.3. The van der Waals surface area contributed by atoms with Crippen molar-refractivity contribution in [3.63, 3.8) is 0 Å². The predicted molar refractivity (Wildman–Crippen MR) is 123 cm³/mol. The lowest BCUT2D eigenvalue weighted by molar-refractivity contribution is -0.139. The van der Waals surface area contributed by atoms with Crippen LogP contribution in [0.4, 0.5) is 35.1 Å². The Kier molecular flexibility index (Phi) is 7.42. The van der Waals surface area contributed by atoms with Crippen LogP contribution in [-0.4, -0.2) is 16.2 Å². The van der Waals surface area contributed by atoms with Gasteiger partial charge in [-0.2, -0.15) is 31.6 Å². The second-order valence-electron chi connectivity index (χ2n) is 8.26. The molecule has 0 radical (unpaired) electrons. The van der Waals surface area contributed by atoms with E-state index in [1.54, 1.807) is 0 Å². The fourth-order valence-electron chi connectivity index (χ4n) is 3.85. The van der Waals surface area contributed by atoms with E-state index < -0.39 is 70.1 Å². The molecule has 0 aliphatic heterocycles. The van der Waals surface area contributed by atoms with E-state index in [0.717, 1.165) is 30.7 Å². The van der Waals surface area contributed by atoms with Gasteiger partial charge in [-0.1, -0.05) is 6.07 Å². The second-order valence-corrected chi connectivity index (χ2v) is 8.26. The minimum absolute atomic E-state index is 0.0547. The summed E-state index contributed by atoms with van der Waals surface area (Å²) < 4.78 is 121. The van der Waals surface area contributed by atoms with Gasteiger partial charge in [-0.3, -0.25) is 9.36 Å². The molecule has 3 heterocycles. The Morgan fingerprint density at radius 3 is 2.30 bits per heavy atom. The smallest absolute Gasteiger partial charge is 0.421 e. The zero-order chi connectivity index (χ0) is 29.4. The molecule has 40 heavy (non-hydrogen) atoms. The number of rotatable bonds is 6. The van der Waals surface area contributed by atoms with Gasteiger partial charge in [0.05, 0.1) is 30.7 Å². The zero-order valence-corrected chi connectivity index (χ0v) is 20.1. The summed E-state index contributed by atoms with van der Waals surface area (Å²) in [7, 11) is 0. The number of nitrogens with zero attached hydrogens (tertiary/aromatic N) is 3. The third-order valence-electron chi connectivity index (χ3n) is 5.68. The predicted octanol–water partition coefficient (Wildman–Crippen LogP) is 6.80. The molecule has 0 N–H and O–H groups in total. The molecule has 0 amide bonds. The minimum atomic E-state index is -5.16. The fraction of sp³-hybridized carbons (Fsp3) is 0.192. The number of halogens is 8. The molecule has 4 aromatic rings. The topological polar surface area (TPSA) is 81.1 Å². The van der Waals surface area contributed by atoms with Crippen molar-refractivity contribution in [3.05, 3.63) is 93.1 Å². The van der Waals surface area contributed by atoms with Gasteiger partial charge in [-0.25, -0.2) is 13.8 Å². The molecule has 0 atom stereocenters. The summed E-state index contributed by atoms with van der Waals surface area (Å²) in [4.78, 5) is 16.7. The first-order chi connectivity index (χ1) is 18.7. The number of nitriles is 1. The first-order valence-electron chi connectivity index (χ1n) is 11.2. The fourth-order valence-corrected chi connectivity index (χ4v) is 3.85. The van der Waals surface area contributed by atoms with E-state index in [1.807, 2.05) is 0 Å². The summed E-state index contributed by atoms with van der Waals surface area (Å²) in [6, 6.07) is 5.71. The number of hydrogen-bond donors (Lipinski definition) is 0. The molecular formula is C26H15F8N3O3. The zero-order valence-electron chi connectivity index (χ0n) is 20.1. The van der Waals surface area contributed by atoms with Crippen LogP contribution in [0.5, 0.6) is 5.88 Å². The van der Waals surface area contributed by atoms with Gasteiger partial charge in [0.2, 0.25) is 5.88 Å². The average Bonchev–Trinajstić information content (AvgIpc) is 3.35. The van der Waals surface area contributed by atoms with Crippen molar-refractivity contribution in [1.29, 1.82) is 5.26 Å². The molecule has 4 rings (SSSR count). The van der Waals surface area contributed by atoms with Gasteiger partial charge in [0, 0.05) is 29.0 Å². The SMILES string of the molecule is CCOc1ncc(-c2coc(-c3cc(C(F)(F)F)c(C#N)c(=O)n3Cc3ccc(F)cc3F)c2)cc1C(F)(F)F. The molecule has 0 bridgehead atoms. The van der Waals surface area contributed by atoms with Gasteiger partial charge in [0.1, 0.15) is 28.8 Å². The Balaban J connectivity index is 1.91. The average molecular weight is 569 g/mol. The molecule has 14 heteroatoms. The molecule has 0 spiro atoms. The summed E-state index contributed by atoms with van der Waals surface area (Å²) in [5.41, 5.74) is -6.61. The van der Waals surface area contributed by atoms with Crippen molar-refractivity contribution in [3.8, 4) is 34.5 Å². The maximum atomic E-state index is 14.4. The third kappa shape index (κ3) is 5.54. The van der Waals surface area contributed by atoms with E-state index in [-0.39, 0.29) is 23.3 Å². The molecule has 3 aromatic heterocycles. The highest BCUT2D eigenvalue weighted by molar-refractivity contribution is 5.70. The number of benzene rings is 1. The lowest BCUT2D eigenvalue weighted by Crippen LogP contribution is -2.29. The number of aromatic nitrogens is 2. The van der Waals surface area contributed by atoms with Crippen LogP contribution in [0, 0.1) is 23.0 Å². The van der Waals surface area contributed by atoms with Crippen molar-refractivity contribution < 1.29 is 44.3 Å². The van der Waals surface area contributed by atoms with Crippen molar-refractivity contribution in [2.24, 2.45) is 0 Å². The number of alkyl halides is 6. The van der Waals surface area contributed by atoms with Crippen LogP contribution < -0.4 is 10.3 Å². The Bertz CT molecular complexity index is 1680. The van der Waals surface area contributed by atoms with Gasteiger partial charge >= 0.3 is 12.4 Å². The van der Waals surface area contributed by atoms with E-state index in [4.69, 9.17) is 9.15 Å². The maximum absolute atomic E-state index is 14.4. The van der Waals surface area contributed by atoms with E-state index >= 15 is 0 Å². The van der Waals surface area contributed by atoms with Crippen molar-refractivity contribution in [2.45, 2.75) is 25.8 Å². The van der Waals surface area contributed by atoms with Gasteiger partial charge in [0.15, 0.2) is 5.76 Å². The first-order valence-corrected chi connectivity index (χ1v) is 11.2. The maximum Gasteiger partial charge on any atom is 0.421 e. The van der Waals surface area contributed by atoms with Crippen LogP contribution in [0.15, 0.2) is 58.1 Å². The number of hydrogen-bond acceptors (Lipinski definition) is 5. The summed E-state index contributed by atoms with van der Waals surface area (Å²) in [5, 5.41) is 9.29. The van der Waals surface area contributed by atoms with Crippen LogP contribution >= 0.6 is 0 Å². The molecule has 0 fully saturated rings. The Hall–Kier alpha value is -4.67. The number of pyridine rings is 2. The third-order valence-corrected chi connectivity index (χ3v) is 5.68. The number of furan rings is 1. The summed E-state index contributed by atoms with van der Waals surface area (Å²) >= 11 is 0. The van der Waals surface area contributed by atoms with Gasteiger partial charge in [-0.05, 0) is 31.2 Å². The molecule has 0 saturated carbocycles. The van der Waals surface area contributed by atoms with E-state index in [9.17, 15) is 45.2 Å². The Labute approximate surface area is 219 Å². The molecule has 0 saturated heterocycles. The van der Waals surface area contributed by atoms with Crippen LogP contribution in [0.25, 0.3) is 22.6 Å². The van der Waals surface area contributed by atoms with Crippen molar-refractivity contribution in [2.75, 3.05) is 6.61 Å². The highest BCUT2D eigenvalue weighted by atomic mass is 19.4. The quantitative estimate of drug-likeness (QED) is 0.239. The lowest BCUT2D eigenvalue weighted by Gasteiger charge is -2.16. The van der Waals surface area contributed by atoms with E-state index in [0.29, 0.717) is 22.8 Å². The molecule has 1 aromatic carbocycles. The normalized spacial score (nSPS) is 11.9. The monoisotopic (exact) mass is 569 g/mol. The molecule has 6 nitrogen and oxygen atoms in total. The van der Waals surface area contributed by atoms with Crippen LogP contribution in [0.1, 0.15) is 29.2 Å². The molecule has 208 valence electrons. The Morgan fingerprint density at radius 1 is 1.00 bits per heavy atom. The highest BCUT2D eigenvalue weighted by Crippen LogP contribution is 2.39. The molecule has 0 aliphatic carbocycles. The highest BCUT2D eigenvalue weighted by Gasteiger charge is 2.38. The molecule has 0 unspecified atom stereocenters. The summed E-state index contributed by atoms with van der Waals surface area (Å²) in [6.07, 6.45) is -8.06. The molecular weight excluding hydrogens is 554 g/mol. The Morgan fingerprint density at radius 2 is 1.70 bits per heavy atom. The second kappa shape index (κ2) is 10.5. The van der Waals surface area contributed by atoms with Crippen molar-refractivity contribution >= 4 is 0 Å². The van der Waals surface area contributed by atoms with Crippen LogP contribution in [-0.2, 0) is 18.9 Å². The molecule has 0 aliphatic rings. The standard InChI is InChI=1S/C26H15F8N3O3/c1-2-39-23-19(26(32,33)34)5-14(10-36-23)15-6-22(40-12-15)21-8-18(25(29,30)31)17(9-35)24(38)37(21)11-13-3-4-16(27)7-20(13)28/h3-8,10,12H,2,11H2,1H3. The summed E-state index contributed by atoms with van der Waals surface area (Å²) in [6.45, 7) is 0.631. The lowest BCUT2D eigenvalue weighted by atomic mass is 10.0. The van der Waals surface area contributed by atoms with Gasteiger partial charge < -0.3 is 9.15 Å². The van der Waals surface area contributed by atoms with Crippen LogP contribution in [0.3, 0.4) is 0 Å². The van der Waals surface area contributed by atoms with E-state index in [1.165, 1.54) is 13.0 Å². The van der Waals surface area contributed by atoms with Gasteiger partial charge in [-0.15, -0.1) is 0 Å². The van der Waals surface area contributed by atoms with Gasteiger partial charge in [0.25, 0.3) is 5.56 Å². The van der Waals surface area contributed by atoms with Crippen molar-refractivity contribution in [1.82, 2.24) is 9.55 Å². The summed E-state index contributed by atoms with van der Waals surface area (Å²) in [5.74, 6) is -3.17. The minimum Gasteiger partial charge on any atom is -0.478 e. The number of ether oxygens (including phenoxy) is 1.